The number of hydrogen-bond donors (Lipinski definition) is 2. The fourth-order valence-electron chi connectivity index (χ4n) is 3.63. The molecule has 192 valence electrons. The van der Waals surface area contributed by atoms with Crippen LogP contribution in [0.2, 0.25) is 0 Å². The first-order valence-electron chi connectivity index (χ1n) is 12.1. The molecule has 1 aromatic carbocycles. The highest BCUT2D eigenvalue weighted by atomic mass is 32.2. The Labute approximate surface area is 213 Å². The molecule has 0 saturated heterocycles. The number of hydrogen-bond acceptors (Lipinski definition) is 7. The summed E-state index contributed by atoms with van der Waals surface area (Å²) in [5.74, 6) is 0.331. The number of carbonyl (C=O) groups is 2. The van der Waals surface area contributed by atoms with Crippen LogP contribution in [-0.2, 0) is 32.0 Å². The van der Waals surface area contributed by atoms with Crippen LogP contribution in [0.15, 0.2) is 54.9 Å². The van der Waals surface area contributed by atoms with E-state index in [4.69, 9.17) is 9.47 Å². The van der Waals surface area contributed by atoms with Gasteiger partial charge in [0.05, 0.1) is 13.7 Å². The van der Waals surface area contributed by atoms with Gasteiger partial charge in [0.15, 0.2) is 0 Å². The molecule has 0 aliphatic rings. The molecule has 35 heavy (non-hydrogen) atoms. The fourth-order valence-corrected chi connectivity index (χ4v) is 4.10. The predicted molar refractivity (Wildman–Crippen MR) is 141 cm³/mol. The summed E-state index contributed by atoms with van der Waals surface area (Å²) >= 11 is 1.62. The van der Waals surface area contributed by atoms with Crippen LogP contribution in [0.25, 0.3) is 0 Å². The number of nitrogens with zero attached hydrogens (tertiary/aromatic N) is 1. The third-order valence-corrected chi connectivity index (χ3v) is 6.71. The summed E-state index contributed by atoms with van der Waals surface area (Å²) < 4.78 is 11.2. The van der Waals surface area contributed by atoms with Crippen LogP contribution in [0, 0.1) is 5.92 Å². The lowest BCUT2D eigenvalue weighted by molar-refractivity contribution is -0.147. The molecule has 0 unspecified atom stereocenters. The van der Waals surface area contributed by atoms with Gasteiger partial charge in [0.1, 0.15) is 12.1 Å². The van der Waals surface area contributed by atoms with Crippen molar-refractivity contribution < 1.29 is 19.1 Å². The lowest BCUT2D eigenvalue weighted by Gasteiger charge is -2.28. The van der Waals surface area contributed by atoms with E-state index in [1.165, 1.54) is 7.11 Å². The Hall–Kier alpha value is -2.42. The average molecular weight is 502 g/mol. The Bertz CT molecular complexity index is 869. The standard InChI is InChI=1S/C27H39N3O4S/c1-5-20(2)24(29-18-22-12-9-14-28-17-22)19-34-25(16-21-10-7-6-8-11-21)26(31)30-23(13-15-35-4)27(32)33-3/h6-12,14,17,20,23-25,29H,5,13,15-16,18-19H2,1-4H3,(H,30,31)/t20-,23-,24+,25-/m0/s1. The van der Waals surface area contributed by atoms with Crippen molar-refractivity contribution in [2.24, 2.45) is 5.92 Å². The third kappa shape index (κ3) is 10.4. The van der Waals surface area contributed by atoms with Crippen LogP contribution >= 0.6 is 11.8 Å². The predicted octanol–water partition coefficient (Wildman–Crippen LogP) is 3.62. The molecular weight excluding hydrogens is 462 g/mol. The Morgan fingerprint density at radius 2 is 1.86 bits per heavy atom. The van der Waals surface area contributed by atoms with Crippen molar-refractivity contribution in [1.82, 2.24) is 15.6 Å². The summed E-state index contributed by atoms with van der Waals surface area (Å²) in [5.41, 5.74) is 2.09. The van der Waals surface area contributed by atoms with E-state index < -0.39 is 18.1 Å². The van der Waals surface area contributed by atoms with Crippen LogP contribution in [-0.4, -0.2) is 60.8 Å². The van der Waals surface area contributed by atoms with Gasteiger partial charge in [0.25, 0.3) is 0 Å². The molecule has 1 heterocycles. The van der Waals surface area contributed by atoms with Gasteiger partial charge >= 0.3 is 5.97 Å². The molecular formula is C27H39N3O4S. The first kappa shape index (κ1) is 28.8. The largest absolute Gasteiger partial charge is 0.467 e. The van der Waals surface area contributed by atoms with Crippen molar-refractivity contribution in [1.29, 1.82) is 0 Å². The summed E-state index contributed by atoms with van der Waals surface area (Å²) in [6.45, 7) is 5.35. The summed E-state index contributed by atoms with van der Waals surface area (Å²) in [6.07, 6.45) is 6.72. The quantitative estimate of drug-likeness (QED) is 0.340. The highest BCUT2D eigenvalue weighted by Gasteiger charge is 2.28. The molecule has 4 atom stereocenters. The van der Waals surface area contributed by atoms with Gasteiger partial charge in [-0.3, -0.25) is 9.78 Å². The molecule has 0 bridgehead atoms. The lowest BCUT2D eigenvalue weighted by Crippen LogP contribution is -2.49. The molecule has 0 aliphatic carbocycles. The number of nitrogens with one attached hydrogen (secondary N) is 2. The SMILES string of the molecule is CC[C@H](C)[C@@H](CO[C@@H](Cc1ccccc1)C(=O)N[C@@H](CCSC)C(=O)OC)NCc1cccnc1. The van der Waals surface area contributed by atoms with Gasteiger partial charge in [0, 0.05) is 31.4 Å². The number of rotatable bonds is 16. The molecule has 2 aromatic rings. The van der Waals surface area contributed by atoms with E-state index in [2.05, 4.69) is 29.5 Å². The zero-order valence-corrected chi connectivity index (χ0v) is 22.1. The van der Waals surface area contributed by atoms with Gasteiger partial charge in [-0.15, -0.1) is 0 Å². The molecule has 2 N–H and O–H groups in total. The van der Waals surface area contributed by atoms with E-state index in [1.54, 1.807) is 18.0 Å². The number of ether oxygens (including phenoxy) is 2. The molecule has 2 rings (SSSR count). The summed E-state index contributed by atoms with van der Waals surface area (Å²) in [5, 5.41) is 6.43. The minimum Gasteiger partial charge on any atom is -0.467 e. The van der Waals surface area contributed by atoms with Gasteiger partial charge in [-0.05, 0) is 41.5 Å². The molecule has 1 aromatic heterocycles. The van der Waals surface area contributed by atoms with E-state index in [1.807, 2.05) is 54.9 Å². The van der Waals surface area contributed by atoms with Crippen molar-refractivity contribution >= 4 is 23.6 Å². The second-order valence-corrected chi connectivity index (χ2v) is 9.60. The zero-order chi connectivity index (χ0) is 25.5. The normalized spacial score (nSPS) is 14.5. The minimum absolute atomic E-state index is 0.0548. The van der Waals surface area contributed by atoms with Crippen molar-refractivity contribution in [3.8, 4) is 0 Å². The van der Waals surface area contributed by atoms with Crippen molar-refractivity contribution in [2.45, 2.75) is 57.8 Å². The first-order chi connectivity index (χ1) is 17.0. The smallest absolute Gasteiger partial charge is 0.328 e. The molecule has 1 amide bonds. The second-order valence-electron chi connectivity index (χ2n) is 8.61. The fraction of sp³-hybridized carbons (Fsp3) is 0.519. The molecule has 0 aliphatic heterocycles. The lowest BCUT2D eigenvalue weighted by atomic mass is 9.99. The Balaban J connectivity index is 2.11. The maximum absolute atomic E-state index is 13.3. The number of thioether (sulfide) groups is 1. The van der Waals surface area contributed by atoms with Crippen LogP contribution < -0.4 is 10.6 Å². The molecule has 8 heteroatoms. The number of carbonyl (C=O) groups excluding carboxylic acids is 2. The number of methoxy groups -OCH3 is 1. The zero-order valence-electron chi connectivity index (χ0n) is 21.2. The number of aromatic nitrogens is 1. The molecule has 0 fully saturated rings. The van der Waals surface area contributed by atoms with Crippen molar-refractivity contribution in [2.75, 3.05) is 25.7 Å². The minimum atomic E-state index is -0.731. The van der Waals surface area contributed by atoms with E-state index >= 15 is 0 Å². The van der Waals surface area contributed by atoms with Gasteiger partial charge in [-0.1, -0.05) is 56.7 Å². The van der Waals surface area contributed by atoms with E-state index in [-0.39, 0.29) is 11.9 Å². The highest BCUT2D eigenvalue weighted by Crippen LogP contribution is 2.14. The first-order valence-corrected chi connectivity index (χ1v) is 13.5. The maximum Gasteiger partial charge on any atom is 0.328 e. The van der Waals surface area contributed by atoms with Gasteiger partial charge in [0.2, 0.25) is 5.91 Å². The summed E-state index contributed by atoms with van der Waals surface area (Å²) in [4.78, 5) is 29.7. The maximum atomic E-state index is 13.3. The molecule has 0 radical (unpaired) electrons. The van der Waals surface area contributed by atoms with Gasteiger partial charge in [-0.2, -0.15) is 11.8 Å². The van der Waals surface area contributed by atoms with Crippen LogP contribution in [0.3, 0.4) is 0 Å². The van der Waals surface area contributed by atoms with E-state index in [0.717, 1.165) is 23.3 Å². The molecule has 0 spiro atoms. The van der Waals surface area contributed by atoms with Gasteiger partial charge < -0.3 is 20.1 Å². The highest BCUT2D eigenvalue weighted by molar-refractivity contribution is 7.98. The summed E-state index contributed by atoms with van der Waals surface area (Å²) in [6, 6.07) is 13.1. The average Bonchev–Trinajstić information content (AvgIpc) is 2.90. The van der Waals surface area contributed by atoms with Crippen LogP contribution in [0.1, 0.15) is 37.8 Å². The monoisotopic (exact) mass is 501 g/mol. The van der Waals surface area contributed by atoms with E-state index in [9.17, 15) is 9.59 Å². The van der Waals surface area contributed by atoms with Crippen LogP contribution in [0.5, 0.6) is 0 Å². The topological polar surface area (TPSA) is 89.5 Å². The van der Waals surface area contributed by atoms with E-state index in [0.29, 0.717) is 31.9 Å². The third-order valence-electron chi connectivity index (χ3n) is 6.07. The Kier molecular flexibility index (Phi) is 13.4. The molecule has 0 saturated carbocycles. The van der Waals surface area contributed by atoms with Crippen molar-refractivity contribution in [3.63, 3.8) is 0 Å². The number of amides is 1. The number of esters is 1. The Morgan fingerprint density at radius 1 is 1.11 bits per heavy atom. The van der Waals surface area contributed by atoms with Crippen molar-refractivity contribution in [3.05, 3.63) is 66.0 Å². The second kappa shape index (κ2) is 16.3. The Morgan fingerprint density at radius 3 is 2.49 bits per heavy atom. The summed E-state index contributed by atoms with van der Waals surface area (Å²) in [7, 11) is 1.34. The molecule has 7 nitrogen and oxygen atoms in total. The number of benzene rings is 1. The number of pyridine rings is 1. The van der Waals surface area contributed by atoms with Crippen LogP contribution in [0.4, 0.5) is 0 Å². The van der Waals surface area contributed by atoms with Gasteiger partial charge in [-0.25, -0.2) is 4.79 Å².